The minimum atomic E-state index is -0.770. The van der Waals surface area contributed by atoms with Gasteiger partial charge in [0, 0.05) is 10.0 Å². The number of nitrogens with one attached hydrogen (secondary N) is 1. The molecule has 0 saturated carbocycles. The minimum absolute atomic E-state index is 0.136. The van der Waals surface area contributed by atoms with E-state index < -0.39 is 5.54 Å². The van der Waals surface area contributed by atoms with Crippen LogP contribution >= 0.6 is 27.5 Å². The molecule has 0 fully saturated rings. The van der Waals surface area contributed by atoms with Crippen molar-refractivity contribution in [1.82, 2.24) is 5.32 Å². The fourth-order valence-electron chi connectivity index (χ4n) is 2.31. The van der Waals surface area contributed by atoms with Gasteiger partial charge in [-0.25, -0.2) is 4.39 Å². The van der Waals surface area contributed by atoms with Gasteiger partial charge in [0.25, 0.3) is 0 Å². The Morgan fingerprint density at radius 2 is 2.16 bits per heavy atom. The molecule has 0 aliphatic rings. The fraction of sp³-hybridized carbons (Fsp3) is 0.500. The van der Waals surface area contributed by atoms with Crippen molar-refractivity contribution in [1.29, 1.82) is 0 Å². The number of amides is 1. The van der Waals surface area contributed by atoms with E-state index >= 15 is 0 Å². The molecule has 0 spiro atoms. The second-order valence-electron chi connectivity index (χ2n) is 5.24. The molecule has 1 aromatic carbocycles. The molecule has 0 aliphatic heterocycles. The van der Waals surface area contributed by atoms with E-state index in [0.717, 1.165) is 4.47 Å². The molecule has 2 nitrogen and oxygen atoms in total. The van der Waals surface area contributed by atoms with E-state index in [4.69, 9.17) is 11.6 Å². The first kappa shape index (κ1) is 16.4. The summed E-state index contributed by atoms with van der Waals surface area (Å²) in [7, 11) is 0. The predicted octanol–water partition coefficient (Wildman–Crippen LogP) is 4.20. The first-order valence-electron chi connectivity index (χ1n) is 6.11. The number of carbonyl (C=O) groups excluding carboxylic acids is 1. The number of halogens is 3. The van der Waals surface area contributed by atoms with Gasteiger partial charge in [0.15, 0.2) is 0 Å². The van der Waals surface area contributed by atoms with Crippen LogP contribution in [0.15, 0.2) is 22.7 Å². The molecule has 0 saturated heterocycles. The van der Waals surface area contributed by atoms with Crippen molar-refractivity contribution >= 4 is 33.4 Å². The summed E-state index contributed by atoms with van der Waals surface area (Å²) in [6.45, 7) is 5.88. The molecule has 106 valence electrons. The van der Waals surface area contributed by atoms with Gasteiger partial charge in [0.05, 0.1) is 5.54 Å². The maximum Gasteiger partial charge on any atom is 0.235 e. The molecular formula is C14H18BrClFNO. The van der Waals surface area contributed by atoms with Crippen molar-refractivity contribution in [2.24, 2.45) is 5.92 Å². The van der Waals surface area contributed by atoms with E-state index in [1.807, 2.05) is 20.8 Å². The summed E-state index contributed by atoms with van der Waals surface area (Å²) < 4.78 is 14.8. The number of alkyl halides is 1. The molecule has 0 radical (unpaired) electrons. The van der Waals surface area contributed by atoms with Gasteiger partial charge in [-0.3, -0.25) is 4.79 Å². The second kappa shape index (κ2) is 6.71. The van der Waals surface area contributed by atoms with Gasteiger partial charge in [0.1, 0.15) is 11.7 Å². The number of benzene rings is 1. The molecule has 1 atom stereocenters. The van der Waals surface area contributed by atoms with Crippen LogP contribution in [0.5, 0.6) is 0 Å². The molecule has 0 unspecified atom stereocenters. The molecule has 0 heterocycles. The monoisotopic (exact) mass is 349 g/mol. The zero-order valence-electron chi connectivity index (χ0n) is 11.3. The van der Waals surface area contributed by atoms with Gasteiger partial charge < -0.3 is 5.32 Å². The van der Waals surface area contributed by atoms with Crippen molar-refractivity contribution in [2.45, 2.75) is 32.7 Å². The summed E-state index contributed by atoms with van der Waals surface area (Å²) in [5.74, 6) is -0.465. The van der Waals surface area contributed by atoms with E-state index in [-0.39, 0.29) is 17.6 Å². The van der Waals surface area contributed by atoms with E-state index in [1.54, 1.807) is 12.1 Å². The Balaban J connectivity index is 3.21. The van der Waals surface area contributed by atoms with Crippen molar-refractivity contribution < 1.29 is 9.18 Å². The lowest BCUT2D eigenvalue weighted by Crippen LogP contribution is -2.45. The molecule has 1 amide bonds. The average molecular weight is 351 g/mol. The Labute approximate surface area is 126 Å². The number of rotatable bonds is 5. The highest BCUT2D eigenvalue weighted by molar-refractivity contribution is 9.10. The van der Waals surface area contributed by atoms with Crippen LogP contribution in [0.2, 0.25) is 0 Å². The second-order valence-corrected chi connectivity index (χ2v) is 6.42. The van der Waals surface area contributed by atoms with Crippen LogP contribution in [-0.2, 0) is 10.3 Å². The third kappa shape index (κ3) is 4.46. The highest BCUT2D eigenvalue weighted by atomic mass is 79.9. The Morgan fingerprint density at radius 3 is 2.68 bits per heavy atom. The standard InChI is InChI=1S/C14H18BrClFNO/c1-9(2)7-14(3,18-13(19)8-16)11-6-10(15)4-5-12(11)17/h4-6,9H,7-8H2,1-3H3,(H,18,19)/t14-/m0/s1. The molecule has 1 rings (SSSR count). The lowest BCUT2D eigenvalue weighted by molar-refractivity contribution is -0.120. The SMILES string of the molecule is CC(C)C[C@](C)(NC(=O)CCl)c1cc(Br)ccc1F. The zero-order chi connectivity index (χ0) is 14.6. The minimum Gasteiger partial charge on any atom is -0.346 e. The summed E-state index contributed by atoms with van der Waals surface area (Å²) in [6.07, 6.45) is 0.628. The van der Waals surface area contributed by atoms with E-state index in [0.29, 0.717) is 17.9 Å². The number of hydrogen-bond donors (Lipinski definition) is 1. The van der Waals surface area contributed by atoms with E-state index in [1.165, 1.54) is 6.07 Å². The molecule has 1 N–H and O–H groups in total. The highest BCUT2D eigenvalue weighted by Gasteiger charge is 2.32. The predicted molar refractivity (Wildman–Crippen MR) is 79.8 cm³/mol. The van der Waals surface area contributed by atoms with Gasteiger partial charge >= 0.3 is 0 Å². The summed E-state index contributed by atoms with van der Waals surface area (Å²) >= 11 is 8.87. The van der Waals surface area contributed by atoms with Crippen molar-refractivity contribution in [3.05, 3.63) is 34.1 Å². The van der Waals surface area contributed by atoms with Gasteiger partial charge in [-0.15, -0.1) is 11.6 Å². The summed E-state index contributed by atoms with van der Waals surface area (Å²) in [5.41, 5.74) is -0.303. The number of hydrogen-bond acceptors (Lipinski definition) is 1. The maximum absolute atomic E-state index is 14.1. The van der Waals surface area contributed by atoms with Gasteiger partial charge in [-0.2, -0.15) is 0 Å². The fourth-order valence-corrected chi connectivity index (χ4v) is 2.73. The largest absolute Gasteiger partial charge is 0.346 e. The van der Waals surface area contributed by atoms with Gasteiger partial charge in [-0.1, -0.05) is 29.8 Å². The van der Waals surface area contributed by atoms with Gasteiger partial charge in [-0.05, 0) is 37.5 Å². The summed E-state index contributed by atoms with van der Waals surface area (Å²) in [5, 5.41) is 2.83. The van der Waals surface area contributed by atoms with Crippen molar-refractivity contribution in [3.8, 4) is 0 Å². The van der Waals surface area contributed by atoms with Crippen molar-refractivity contribution in [2.75, 3.05) is 5.88 Å². The Hall–Kier alpha value is -0.610. The van der Waals surface area contributed by atoms with Crippen LogP contribution in [0, 0.1) is 11.7 Å². The molecule has 5 heteroatoms. The zero-order valence-corrected chi connectivity index (χ0v) is 13.6. The summed E-state index contributed by atoms with van der Waals surface area (Å²) in [6, 6.07) is 4.73. The van der Waals surface area contributed by atoms with E-state index in [9.17, 15) is 9.18 Å². The topological polar surface area (TPSA) is 29.1 Å². The van der Waals surface area contributed by atoms with Crippen molar-refractivity contribution in [3.63, 3.8) is 0 Å². The molecular weight excluding hydrogens is 333 g/mol. The maximum atomic E-state index is 14.1. The Bertz CT molecular complexity index is 467. The first-order valence-corrected chi connectivity index (χ1v) is 7.43. The third-order valence-electron chi connectivity index (χ3n) is 2.88. The average Bonchev–Trinajstić information content (AvgIpc) is 2.30. The van der Waals surface area contributed by atoms with Crippen LogP contribution in [0.25, 0.3) is 0 Å². The Morgan fingerprint density at radius 1 is 1.53 bits per heavy atom. The Kier molecular flexibility index (Phi) is 5.81. The first-order chi connectivity index (χ1) is 8.78. The molecule has 0 aromatic heterocycles. The lowest BCUT2D eigenvalue weighted by atomic mass is 9.83. The van der Waals surface area contributed by atoms with Gasteiger partial charge in [0.2, 0.25) is 5.91 Å². The van der Waals surface area contributed by atoms with E-state index in [2.05, 4.69) is 21.2 Å². The third-order valence-corrected chi connectivity index (χ3v) is 3.61. The summed E-state index contributed by atoms with van der Waals surface area (Å²) in [4.78, 5) is 11.6. The van der Waals surface area contributed by atoms with Crippen LogP contribution in [0.4, 0.5) is 4.39 Å². The smallest absolute Gasteiger partial charge is 0.235 e. The van der Waals surface area contributed by atoms with Crippen LogP contribution in [0.1, 0.15) is 32.8 Å². The lowest BCUT2D eigenvalue weighted by Gasteiger charge is -2.33. The van der Waals surface area contributed by atoms with Crippen LogP contribution < -0.4 is 5.32 Å². The molecule has 1 aromatic rings. The normalized spacial score (nSPS) is 14.3. The quantitative estimate of drug-likeness (QED) is 0.792. The molecule has 19 heavy (non-hydrogen) atoms. The molecule has 0 aliphatic carbocycles. The highest BCUT2D eigenvalue weighted by Crippen LogP contribution is 2.32. The van der Waals surface area contributed by atoms with Crippen LogP contribution in [0.3, 0.4) is 0 Å². The van der Waals surface area contributed by atoms with Crippen LogP contribution in [-0.4, -0.2) is 11.8 Å². The molecule has 0 bridgehead atoms. The number of carbonyl (C=O) groups is 1.